The largest absolute Gasteiger partial charge is 0.468 e. The Bertz CT molecular complexity index is 1030. The van der Waals surface area contributed by atoms with E-state index in [1.807, 2.05) is 43.3 Å². The summed E-state index contributed by atoms with van der Waals surface area (Å²) < 4.78 is 6.16. The Hall–Kier alpha value is -2.70. The zero-order valence-corrected chi connectivity index (χ0v) is 15.9. The van der Waals surface area contributed by atoms with Gasteiger partial charge in [-0.05, 0) is 24.6 Å². The number of methoxy groups -OCH3 is 1. The molecule has 140 valence electrons. The van der Waals surface area contributed by atoms with Crippen LogP contribution in [0.2, 0.25) is 5.02 Å². The zero-order chi connectivity index (χ0) is 19.4. The van der Waals surface area contributed by atoms with Gasteiger partial charge in [0, 0.05) is 17.0 Å². The Morgan fingerprint density at radius 2 is 1.81 bits per heavy atom. The number of hydrogen-bond donors (Lipinski definition) is 0. The van der Waals surface area contributed by atoms with Crippen molar-refractivity contribution in [2.45, 2.75) is 20.1 Å². The fraction of sp³-hybridized carbons (Fsp3) is 0.250. The standard InChI is InChI=1S/C20H20ClN3O3/c1-14-16-8-4-5-9-17(16)20(26)24(22-14)13-23(12-19(25)27-2)11-15-7-3-6-10-18(15)21/h3-10H,11-13H2,1-2H3. The monoisotopic (exact) mass is 385 g/mol. The molecule has 0 aliphatic heterocycles. The van der Waals surface area contributed by atoms with Gasteiger partial charge in [0.05, 0.1) is 31.4 Å². The molecule has 0 unspecified atom stereocenters. The number of benzene rings is 2. The summed E-state index contributed by atoms with van der Waals surface area (Å²) in [6, 6.07) is 14.7. The summed E-state index contributed by atoms with van der Waals surface area (Å²) in [6.45, 7) is 2.40. The second-order valence-electron chi connectivity index (χ2n) is 6.23. The summed E-state index contributed by atoms with van der Waals surface area (Å²) in [4.78, 5) is 26.4. The van der Waals surface area contributed by atoms with E-state index >= 15 is 0 Å². The molecule has 6 nitrogen and oxygen atoms in total. The fourth-order valence-corrected chi connectivity index (χ4v) is 3.16. The van der Waals surface area contributed by atoms with Gasteiger partial charge in [-0.3, -0.25) is 14.5 Å². The number of halogens is 1. The van der Waals surface area contributed by atoms with E-state index in [4.69, 9.17) is 16.3 Å². The first-order valence-corrected chi connectivity index (χ1v) is 8.86. The lowest BCUT2D eigenvalue weighted by Gasteiger charge is -2.22. The van der Waals surface area contributed by atoms with Crippen molar-refractivity contribution >= 4 is 28.3 Å². The number of aromatic nitrogens is 2. The summed E-state index contributed by atoms with van der Waals surface area (Å²) in [5, 5.41) is 6.44. The number of aryl methyl sites for hydroxylation is 1. The molecule has 7 heteroatoms. The molecule has 3 aromatic rings. The first kappa shape index (κ1) is 19.1. The summed E-state index contributed by atoms with van der Waals surface area (Å²) in [5.41, 5.74) is 1.40. The maximum Gasteiger partial charge on any atom is 0.319 e. The lowest BCUT2D eigenvalue weighted by molar-refractivity contribution is -0.142. The Labute approximate surface area is 161 Å². The molecule has 0 bridgehead atoms. The van der Waals surface area contributed by atoms with Crippen molar-refractivity contribution in [2.24, 2.45) is 0 Å². The van der Waals surface area contributed by atoms with Crippen LogP contribution in [0.25, 0.3) is 10.8 Å². The van der Waals surface area contributed by atoms with Crippen molar-refractivity contribution in [3.63, 3.8) is 0 Å². The predicted molar refractivity (Wildman–Crippen MR) is 105 cm³/mol. The summed E-state index contributed by atoms with van der Waals surface area (Å²) >= 11 is 6.25. The molecule has 0 spiro atoms. The van der Waals surface area contributed by atoms with Gasteiger partial charge in [-0.15, -0.1) is 0 Å². The third kappa shape index (κ3) is 4.35. The Balaban J connectivity index is 1.95. The lowest BCUT2D eigenvalue weighted by atomic mass is 10.1. The topological polar surface area (TPSA) is 64.4 Å². The Morgan fingerprint density at radius 3 is 2.52 bits per heavy atom. The van der Waals surface area contributed by atoms with Crippen molar-refractivity contribution in [3.05, 3.63) is 75.2 Å². The number of carbonyl (C=O) groups excluding carboxylic acids is 1. The molecule has 0 amide bonds. The van der Waals surface area contributed by atoms with Gasteiger partial charge in [0.25, 0.3) is 5.56 Å². The van der Waals surface area contributed by atoms with Crippen molar-refractivity contribution < 1.29 is 9.53 Å². The van der Waals surface area contributed by atoms with Gasteiger partial charge in [0.2, 0.25) is 0 Å². The third-order valence-electron chi connectivity index (χ3n) is 4.32. The van der Waals surface area contributed by atoms with Gasteiger partial charge in [-0.1, -0.05) is 48.0 Å². The van der Waals surface area contributed by atoms with Gasteiger partial charge in [0.1, 0.15) is 0 Å². The maximum atomic E-state index is 12.8. The summed E-state index contributed by atoms with van der Waals surface area (Å²) in [5.74, 6) is -0.396. The van der Waals surface area contributed by atoms with Crippen LogP contribution in [-0.4, -0.2) is 34.3 Å². The number of rotatable bonds is 6. The third-order valence-corrected chi connectivity index (χ3v) is 4.69. The van der Waals surface area contributed by atoms with Crippen LogP contribution < -0.4 is 5.56 Å². The number of carbonyl (C=O) groups is 1. The highest BCUT2D eigenvalue weighted by Crippen LogP contribution is 2.18. The van der Waals surface area contributed by atoms with Crippen LogP contribution in [0.5, 0.6) is 0 Å². The minimum absolute atomic E-state index is 0.0156. The van der Waals surface area contributed by atoms with E-state index in [0.717, 1.165) is 16.6 Å². The van der Waals surface area contributed by atoms with Crippen LogP contribution >= 0.6 is 11.6 Å². The lowest BCUT2D eigenvalue weighted by Crippen LogP contribution is -2.37. The Kier molecular flexibility index (Phi) is 5.88. The normalized spacial score (nSPS) is 11.1. The minimum atomic E-state index is -0.396. The average Bonchev–Trinajstić information content (AvgIpc) is 2.67. The van der Waals surface area contributed by atoms with E-state index < -0.39 is 5.97 Å². The molecule has 2 aromatic carbocycles. The van der Waals surface area contributed by atoms with Crippen LogP contribution in [0.15, 0.2) is 53.3 Å². The number of esters is 1. The number of nitrogens with zero attached hydrogens (tertiary/aromatic N) is 3. The molecule has 0 fully saturated rings. The van der Waals surface area contributed by atoms with E-state index in [-0.39, 0.29) is 18.8 Å². The van der Waals surface area contributed by atoms with Crippen molar-refractivity contribution in [2.75, 3.05) is 13.7 Å². The quantitative estimate of drug-likeness (QED) is 0.610. The molecule has 0 N–H and O–H groups in total. The van der Waals surface area contributed by atoms with E-state index in [9.17, 15) is 9.59 Å². The molecule has 1 heterocycles. The molecular formula is C20H20ClN3O3. The number of ether oxygens (including phenoxy) is 1. The van der Waals surface area contributed by atoms with Gasteiger partial charge < -0.3 is 4.74 Å². The highest BCUT2D eigenvalue weighted by atomic mass is 35.5. The van der Waals surface area contributed by atoms with E-state index in [1.165, 1.54) is 11.8 Å². The SMILES string of the molecule is COC(=O)CN(Cc1ccccc1Cl)Cn1nc(C)c2ccccc2c1=O. The summed E-state index contributed by atoms with van der Waals surface area (Å²) in [6.07, 6.45) is 0. The molecule has 0 saturated heterocycles. The van der Waals surface area contributed by atoms with E-state index in [2.05, 4.69) is 5.10 Å². The molecule has 0 radical (unpaired) electrons. The Morgan fingerprint density at radius 1 is 1.15 bits per heavy atom. The predicted octanol–water partition coefficient (Wildman–Crippen LogP) is 2.99. The fourth-order valence-electron chi connectivity index (χ4n) is 2.96. The van der Waals surface area contributed by atoms with Crippen LogP contribution in [0.1, 0.15) is 11.3 Å². The van der Waals surface area contributed by atoms with Crippen molar-refractivity contribution in [3.8, 4) is 0 Å². The average molecular weight is 386 g/mol. The molecule has 0 atom stereocenters. The maximum absolute atomic E-state index is 12.8. The molecule has 3 rings (SSSR count). The van der Waals surface area contributed by atoms with Crippen LogP contribution in [0.4, 0.5) is 0 Å². The molecule has 0 saturated carbocycles. The summed E-state index contributed by atoms with van der Waals surface area (Å²) in [7, 11) is 1.33. The van der Waals surface area contributed by atoms with Gasteiger partial charge in [0.15, 0.2) is 0 Å². The number of fused-ring (bicyclic) bond motifs is 1. The van der Waals surface area contributed by atoms with Crippen LogP contribution in [-0.2, 0) is 22.7 Å². The van der Waals surface area contributed by atoms with Gasteiger partial charge >= 0.3 is 5.97 Å². The van der Waals surface area contributed by atoms with Crippen LogP contribution in [0.3, 0.4) is 0 Å². The number of hydrogen-bond acceptors (Lipinski definition) is 5. The molecule has 0 aliphatic rings. The first-order chi connectivity index (χ1) is 13.0. The second kappa shape index (κ2) is 8.33. The molecule has 1 aromatic heterocycles. The van der Waals surface area contributed by atoms with E-state index in [0.29, 0.717) is 17.0 Å². The van der Waals surface area contributed by atoms with Crippen LogP contribution in [0, 0.1) is 6.92 Å². The van der Waals surface area contributed by atoms with Crippen molar-refractivity contribution in [1.29, 1.82) is 0 Å². The molecule has 0 aliphatic carbocycles. The highest BCUT2D eigenvalue weighted by molar-refractivity contribution is 6.31. The van der Waals surface area contributed by atoms with E-state index in [1.54, 1.807) is 17.0 Å². The molecule has 27 heavy (non-hydrogen) atoms. The smallest absolute Gasteiger partial charge is 0.319 e. The van der Waals surface area contributed by atoms with Crippen molar-refractivity contribution in [1.82, 2.24) is 14.7 Å². The molecular weight excluding hydrogens is 366 g/mol. The first-order valence-electron chi connectivity index (χ1n) is 8.48. The highest BCUT2D eigenvalue weighted by Gasteiger charge is 2.16. The second-order valence-corrected chi connectivity index (χ2v) is 6.64. The zero-order valence-electron chi connectivity index (χ0n) is 15.2. The van der Waals surface area contributed by atoms with Gasteiger partial charge in [-0.2, -0.15) is 5.10 Å². The minimum Gasteiger partial charge on any atom is -0.468 e. The van der Waals surface area contributed by atoms with Gasteiger partial charge in [-0.25, -0.2) is 4.68 Å².